The van der Waals surface area contributed by atoms with Crippen molar-refractivity contribution in [3.05, 3.63) is 60.1 Å². The lowest BCUT2D eigenvalue weighted by Gasteiger charge is -2.08. The molecular formula is C25H37NO3. The zero-order chi connectivity index (χ0) is 21.9. The quantitative estimate of drug-likeness (QED) is 0.366. The Bertz CT molecular complexity index is 677. The maximum atomic E-state index is 11.4. The van der Waals surface area contributed by atoms with E-state index in [4.69, 9.17) is 9.47 Å². The van der Waals surface area contributed by atoms with E-state index in [2.05, 4.69) is 24.6 Å². The van der Waals surface area contributed by atoms with Crippen LogP contribution in [0.1, 0.15) is 60.1 Å². The van der Waals surface area contributed by atoms with Gasteiger partial charge in [0.1, 0.15) is 19.0 Å². The van der Waals surface area contributed by atoms with Crippen LogP contribution in [0.4, 0.5) is 0 Å². The number of carbonyl (C=O) groups excluding carboxylic acids is 1. The molecule has 1 aliphatic rings. The van der Waals surface area contributed by atoms with Crippen LogP contribution in [-0.4, -0.2) is 30.6 Å². The number of hydrogen-bond donors (Lipinski definition) is 0. The van der Waals surface area contributed by atoms with E-state index in [1.165, 1.54) is 12.8 Å². The van der Waals surface area contributed by atoms with Gasteiger partial charge in [0.25, 0.3) is 0 Å². The van der Waals surface area contributed by atoms with Gasteiger partial charge in [0.15, 0.2) is 5.78 Å². The van der Waals surface area contributed by atoms with E-state index in [1.54, 1.807) is 6.20 Å². The highest BCUT2D eigenvalue weighted by atomic mass is 16.5. The standard InChI is InChI=1S/C19H21NO3.C4H10.C2H6/c1-15(2)19(21)14-22-11-12-23-17-9-10-18(20-13-17)16-7-5-3-4-6-8-16;1-3-4-2;1-2/h3,5-10,13,15H,11-12,14H2,1-2H3;3-4H2,1-2H3;1-2H3. The molecule has 1 aromatic heterocycles. The van der Waals surface area contributed by atoms with Gasteiger partial charge in [-0.1, -0.05) is 66.5 Å². The summed E-state index contributed by atoms with van der Waals surface area (Å²) in [5.41, 5.74) is 4.91. The fourth-order valence-electron chi connectivity index (χ4n) is 1.82. The summed E-state index contributed by atoms with van der Waals surface area (Å²) >= 11 is 0. The van der Waals surface area contributed by atoms with Crippen molar-refractivity contribution in [3.63, 3.8) is 0 Å². The van der Waals surface area contributed by atoms with Gasteiger partial charge >= 0.3 is 0 Å². The topological polar surface area (TPSA) is 48.4 Å². The van der Waals surface area contributed by atoms with Gasteiger partial charge in [-0.3, -0.25) is 9.78 Å². The lowest BCUT2D eigenvalue weighted by molar-refractivity contribution is -0.126. The molecular weight excluding hydrogens is 362 g/mol. The first-order valence-corrected chi connectivity index (χ1v) is 10.6. The SMILES string of the molecule is CC.CC(C)C(=O)COCCOc1ccc(C2=CC=C=CC=C2)nc1.CCCC. The third kappa shape index (κ3) is 12.6. The Morgan fingerprint density at radius 3 is 2.41 bits per heavy atom. The molecule has 0 saturated heterocycles. The number of Topliss-reactive ketones (excluding diaryl/α,β-unsaturated/α-hetero) is 1. The van der Waals surface area contributed by atoms with Crippen molar-refractivity contribution < 1.29 is 14.3 Å². The second-order valence-electron chi connectivity index (χ2n) is 6.38. The highest BCUT2D eigenvalue weighted by Crippen LogP contribution is 2.18. The molecule has 1 aliphatic carbocycles. The molecule has 4 heteroatoms. The predicted molar refractivity (Wildman–Crippen MR) is 122 cm³/mol. The Morgan fingerprint density at radius 1 is 1.10 bits per heavy atom. The van der Waals surface area contributed by atoms with Crippen molar-refractivity contribution in [1.29, 1.82) is 0 Å². The van der Waals surface area contributed by atoms with E-state index in [0.29, 0.717) is 19.0 Å². The Hall–Kier alpha value is -2.42. The molecule has 0 spiro atoms. The van der Waals surface area contributed by atoms with Crippen molar-refractivity contribution in [3.8, 4) is 5.75 Å². The molecule has 0 amide bonds. The number of pyridine rings is 1. The molecule has 160 valence electrons. The molecule has 0 aliphatic heterocycles. The van der Waals surface area contributed by atoms with Crippen LogP contribution in [0.2, 0.25) is 0 Å². The molecule has 4 nitrogen and oxygen atoms in total. The van der Waals surface area contributed by atoms with Crippen LogP contribution < -0.4 is 4.74 Å². The fraction of sp³-hybridized carbons (Fsp3) is 0.480. The van der Waals surface area contributed by atoms with Crippen LogP contribution in [0.3, 0.4) is 0 Å². The molecule has 1 aromatic rings. The summed E-state index contributed by atoms with van der Waals surface area (Å²) in [6, 6.07) is 3.78. The minimum atomic E-state index is 0.00468. The maximum Gasteiger partial charge on any atom is 0.160 e. The number of rotatable bonds is 9. The smallest absolute Gasteiger partial charge is 0.160 e. The number of allylic oxidation sites excluding steroid dienone is 5. The van der Waals surface area contributed by atoms with E-state index < -0.39 is 0 Å². The minimum Gasteiger partial charge on any atom is -0.490 e. The van der Waals surface area contributed by atoms with Crippen molar-refractivity contribution in [2.45, 2.75) is 54.4 Å². The molecule has 0 bridgehead atoms. The largest absolute Gasteiger partial charge is 0.490 e. The number of carbonyl (C=O) groups is 1. The fourth-order valence-corrected chi connectivity index (χ4v) is 1.82. The number of unbranched alkanes of at least 4 members (excludes halogenated alkanes) is 1. The van der Waals surface area contributed by atoms with Crippen LogP contribution in [0, 0.1) is 5.92 Å². The summed E-state index contributed by atoms with van der Waals surface area (Å²) in [4.78, 5) is 15.8. The van der Waals surface area contributed by atoms with Gasteiger partial charge in [-0.05, 0) is 30.4 Å². The lowest BCUT2D eigenvalue weighted by Crippen LogP contribution is -2.17. The van der Waals surface area contributed by atoms with Crippen molar-refractivity contribution >= 4 is 11.4 Å². The van der Waals surface area contributed by atoms with Crippen LogP contribution in [0.25, 0.3) is 5.57 Å². The number of hydrogen-bond acceptors (Lipinski definition) is 4. The normalized spacial score (nSPS) is 11.6. The summed E-state index contributed by atoms with van der Waals surface area (Å²) in [5, 5.41) is 0. The second-order valence-corrected chi connectivity index (χ2v) is 6.38. The Labute approximate surface area is 177 Å². The summed E-state index contributed by atoms with van der Waals surface area (Å²) in [5.74, 6) is 0.786. The second kappa shape index (κ2) is 17.7. The Kier molecular flexibility index (Phi) is 16.2. The predicted octanol–water partition coefficient (Wildman–Crippen LogP) is 6.20. The molecule has 0 fully saturated rings. The molecule has 0 aromatic carbocycles. The first-order chi connectivity index (χ1) is 14.1. The first kappa shape index (κ1) is 26.6. The molecule has 0 radical (unpaired) electrons. The molecule has 0 unspecified atom stereocenters. The van der Waals surface area contributed by atoms with E-state index in [9.17, 15) is 4.79 Å². The molecule has 2 rings (SSSR count). The van der Waals surface area contributed by atoms with Gasteiger partial charge in [0, 0.05) is 11.5 Å². The number of nitrogens with zero attached hydrogens (tertiary/aromatic N) is 1. The van der Waals surface area contributed by atoms with E-state index >= 15 is 0 Å². The van der Waals surface area contributed by atoms with Crippen LogP contribution >= 0.6 is 0 Å². The highest BCUT2D eigenvalue weighted by Gasteiger charge is 2.06. The number of aromatic nitrogens is 1. The average Bonchev–Trinajstić information content (AvgIpc) is 3.05. The van der Waals surface area contributed by atoms with Gasteiger partial charge in [0.05, 0.1) is 18.5 Å². The average molecular weight is 400 g/mol. The first-order valence-electron chi connectivity index (χ1n) is 10.6. The van der Waals surface area contributed by atoms with E-state index in [1.807, 2.05) is 70.2 Å². The minimum absolute atomic E-state index is 0.00468. The summed E-state index contributed by atoms with van der Waals surface area (Å²) in [6.45, 7) is 13.0. The van der Waals surface area contributed by atoms with Crippen LogP contribution in [-0.2, 0) is 9.53 Å². The molecule has 0 N–H and O–H groups in total. The van der Waals surface area contributed by atoms with Crippen LogP contribution in [0.15, 0.2) is 54.4 Å². The molecule has 29 heavy (non-hydrogen) atoms. The lowest BCUT2D eigenvalue weighted by atomic mass is 10.1. The number of ketones is 1. The van der Waals surface area contributed by atoms with E-state index in [0.717, 1.165) is 11.3 Å². The Balaban J connectivity index is 0.00000116. The molecule has 0 atom stereocenters. The number of ether oxygens (including phenoxy) is 2. The van der Waals surface area contributed by atoms with E-state index in [-0.39, 0.29) is 18.3 Å². The third-order valence-electron chi connectivity index (χ3n) is 3.74. The Morgan fingerprint density at radius 2 is 1.83 bits per heavy atom. The summed E-state index contributed by atoms with van der Waals surface area (Å²) in [6.07, 6.45) is 13.9. The van der Waals surface area contributed by atoms with Gasteiger partial charge in [-0.25, -0.2) is 0 Å². The van der Waals surface area contributed by atoms with Gasteiger partial charge in [-0.2, -0.15) is 0 Å². The van der Waals surface area contributed by atoms with Gasteiger partial charge in [-0.15, -0.1) is 5.73 Å². The van der Waals surface area contributed by atoms with Crippen LogP contribution in [0.5, 0.6) is 5.75 Å². The monoisotopic (exact) mass is 399 g/mol. The highest BCUT2D eigenvalue weighted by molar-refractivity contribution is 5.81. The van der Waals surface area contributed by atoms with Gasteiger partial charge < -0.3 is 9.47 Å². The molecule has 0 saturated carbocycles. The van der Waals surface area contributed by atoms with Crippen molar-refractivity contribution in [1.82, 2.24) is 4.98 Å². The van der Waals surface area contributed by atoms with Crippen molar-refractivity contribution in [2.24, 2.45) is 5.92 Å². The zero-order valence-corrected chi connectivity index (χ0v) is 18.9. The zero-order valence-electron chi connectivity index (χ0n) is 18.9. The maximum absolute atomic E-state index is 11.4. The summed E-state index contributed by atoms with van der Waals surface area (Å²) < 4.78 is 10.8. The van der Waals surface area contributed by atoms with Crippen molar-refractivity contribution in [2.75, 3.05) is 19.8 Å². The summed E-state index contributed by atoms with van der Waals surface area (Å²) in [7, 11) is 0. The molecule has 1 heterocycles. The van der Waals surface area contributed by atoms with Gasteiger partial charge in [0.2, 0.25) is 0 Å². The third-order valence-corrected chi connectivity index (χ3v) is 3.74.